The van der Waals surface area contributed by atoms with Crippen molar-refractivity contribution in [3.63, 3.8) is 0 Å². The summed E-state index contributed by atoms with van der Waals surface area (Å²) in [6.45, 7) is 0. The van der Waals surface area contributed by atoms with E-state index >= 15 is 0 Å². The molecule has 0 aliphatic rings. The maximum Gasteiger partial charge on any atom is 0.571 e. The van der Waals surface area contributed by atoms with Crippen molar-refractivity contribution in [3.05, 3.63) is 238 Å². The molecule has 4 N–H and O–H groups in total. The predicted molar refractivity (Wildman–Crippen MR) is 390 cm³/mol. The van der Waals surface area contributed by atoms with Gasteiger partial charge >= 0.3 is 54.8 Å². The van der Waals surface area contributed by atoms with Crippen LogP contribution in [-0.2, 0) is 0 Å². The Balaban J connectivity index is 0.000000116. The Bertz CT molecular complexity index is 6070. The molecule has 514 valence electrons. The third kappa shape index (κ3) is 16.0. The van der Waals surface area contributed by atoms with Gasteiger partial charge < -0.3 is 47.5 Å². The third-order valence-electron chi connectivity index (χ3n) is 15.1. The second-order valence-corrected chi connectivity index (χ2v) is 21.9. The van der Waals surface area contributed by atoms with E-state index in [9.17, 15) is 0 Å². The lowest BCUT2D eigenvalue weighted by Crippen LogP contribution is -2.08. The lowest BCUT2D eigenvalue weighted by molar-refractivity contribution is 0.429. The molecule has 18 aromatic rings. The lowest BCUT2D eigenvalue weighted by Gasteiger charge is -2.07. The van der Waals surface area contributed by atoms with Crippen LogP contribution in [-0.4, -0.2) is 165 Å². The van der Waals surface area contributed by atoms with Gasteiger partial charge in [0.25, 0.3) is 0 Å². The molecular formula is C71H43B4N23O10. The molecule has 0 saturated carbocycles. The lowest BCUT2D eigenvalue weighted by atomic mass is 10.1. The van der Waals surface area contributed by atoms with E-state index in [1.165, 1.54) is 0 Å². The summed E-state index contributed by atoms with van der Waals surface area (Å²) in [6, 6.07) is 56.1. The minimum absolute atomic E-state index is 0.0145. The van der Waals surface area contributed by atoms with Gasteiger partial charge in [-0.25, -0.2) is 69.8 Å². The van der Waals surface area contributed by atoms with Gasteiger partial charge in [-0.2, -0.15) is 39.9 Å². The SMILES string of the molecule is O[B]Oc1nc(-c2ccccc2)nc(-c2ccc3oc4nc5ccccc5nc4c3c2)n1.O[B]Oc1nc(-c2ccccc2)nc(-c2ncc3oc4ccccc4c3n2)n1.O[B]Oc1nc(-c2ccncc2)nc(-c2ncc(-c3ccccc3)cn2)n1.O[B]Oc1nc(-c2ncccn2)nc(-c2ncccn2)n1. The Morgan fingerprint density at radius 1 is 0.250 bits per heavy atom. The number of hydrogen-bond donors (Lipinski definition) is 4. The second kappa shape index (κ2) is 32.6. The Hall–Kier alpha value is -14.9. The van der Waals surface area contributed by atoms with Gasteiger partial charge in [-0.3, -0.25) is 4.98 Å². The Morgan fingerprint density at radius 3 is 1.19 bits per heavy atom. The van der Waals surface area contributed by atoms with Gasteiger partial charge in [-0.15, -0.1) is 0 Å². The molecule has 4 radical (unpaired) electrons. The molecule has 12 aromatic heterocycles. The fourth-order valence-electron chi connectivity index (χ4n) is 10.4. The Morgan fingerprint density at radius 2 is 0.657 bits per heavy atom. The highest BCUT2D eigenvalue weighted by atomic mass is 16.5. The third-order valence-corrected chi connectivity index (χ3v) is 15.1. The molecule has 0 saturated heterocycles. The first kappa shape index (κ1) is 68.8. The van der Waals surface area contributed by atoms with E-state index in [-0.39, 0.29) is 47.3 Å². The first-order chi connectivity index (χ1) is 53.3. The fourth-order valence-corrected chi connectivity index (χ4v) is 10.4. The minimum atomic E-state index is -0.114. The van der Waals surface area contributed by atoms with E-state index in [4.69, 9.17) is 52.5 Å². The van der Waals surface area contributed by atoms with Crippen molar-refractivity contribution in [1.82, 2.24) is 115 Å². The van der Waals surface area contributed by atoms with Gasteiger partial charge in [0, 0.05) is 88.2 Å². The first-order valence-electron chi connectivity index (χ1n) is 32.0. The number of nitrogens with zero attached hydrogens (tertiary/aromatic N) is 23. The van der Waals surface area contributed by atoms with Crippen molar-refractivity contribution in [1.29, 1.82) is 0 Å². The second-order valence-electron chi connectivity index (χ2n) is 21.9. The number of para-hydroxylation sites is 3. The van der Waals surface area contributed by atoms with Crippen LogP contribution in [0.5, 0.6) is 24.0 Å². The van der Waals surface area contributed by atoms with Gasteiger partial charge in [-0.05, 0) is 72.3 Å². The van der Waals surface area contributed by atoms with Crippen LogP contribution in [0.25, 0.3) is 159 Å². The maximum atomic E-state index is 9.09. The highest BCUT2D eigenvalue weighted by Gasteiger charge is 2.21. The van der Waals surface area contributed by atoms with Crippen LogP contribution >= 0.6 is 0 Å². The molecule has 108 heavy (non-hydrogen) atoms. The Labute approximate surface area is 610 Å². The van der Waals surface area contributed by atoms with Crippen molar-refractivity contribution in [2.24, 2.45) is 0 Å². The molecule has 0 unspecified atom stereocenters. The smallest absolute Gasteiger partial charge is 0.508 e. The van der Waals surface area contributed by atoms with E-state index in [2.05, 4.69) is 110 Å². The number of rotatable bonds is 17. The van der Waals surface area contributed by atoms with Crippen molar-refractivity contribution in [2.75, 3.05) is 0 Å². The van der Waals surface area contributed by atoms with Gasteiger partial charge in [0.15, 0.2) is 52.2 Å². The zero-order valence-corrected chi connectivity index (χ0v) is 55.4. The van der Waals surface area contributed by atoms with Crippen LogP contribution < -0.4 is 18.6 Å². The van der Waals surface area contributed by atoms with Crippen molar-refractivity contribution in [2.45, 2.75) is 0 Å². The molecule has 6 aromatic carbocycles. The highest BCUT2D eigenvalue weighted by molar-refractivity contribution is 6.18. The summed E-state index contributed by atoms with van der Waals surface area (Å²) in [5.41, 5.74) is 10.2. The zero-order valence-electron chi connectivity index (χ0n) is 55.4. The normalized spacial score (nSPS) is 10.8. The predicted octanol–water partition coefficient (Wildman–Crippen LogP) is 8.41. The summed E-state index contributed by atoms with van der Waals surface area (Å²) in [5, 5.41) is 37.4. The van der Waals surface area contributed by atoms with Crippen LogP contribution in [0.1, 0.15) is 0 Å². The average molecular weight is 1420 g/mol. The summed E-state index contributed by atoms with van der Waals surface area (Å²) >= 11 is 0. The number of benzene rings is 6. The van der Waals surface area contributed by atoms with E-state index in [1.54, 1.807) is 80.0 Å². The van der Waals surface area contributed by atoms with E-state index in [1.807, 2.05) is 158 Å². The molecule has 0 amide bonds. The molecule has 0 aliphatic heterocycles. The molecule has 33 nitrogen and oxygen atoms in total. The van der Waals surface area contributed by atoms with Crippen LogP contribution in [0.4, 0.5) is 0 Å². The van der Waals surface area contributed by atoms with Gasteiger partial charge in [0.1, 0.15) is 22.2 Å². The molecule has 18 rings (SSSR count). The number of hydrogen-bond acceptors (Lipinski definition) is 33. The summed E-state index contributed by atoms with van der Waals surface area (Å²) in [5.74, 6) is 3.56. The topological polar surface area (TPSA) is 441 Å². The van der Waals surface area contributed by atoms with Crippen molar-refractivity contribution < 1.29 is 47.5 Å². The van der Waals surface area contributed by atoms with Crippen LogP contribution in [0.15, 0.2) is 247 Å². The quantitative estimate of drug-likeness (QED) is 0.0621. The number of pyridine rings is 1. The summed E-state index contributed by atoms with van der Waals surface area (Å²) in [4.78, 5) is 98.2. The van der Waals surface area contributed by atoms with Crippen molar-refractivity contribution >= 4 is 86.0 Å². The standard InChI is InChI=1S/C23H13BN5O3.C19H11BN5O3.C18H12BN6O2.C11H7BN7O2/c30-24-32-23-28-20(13-6-2-1-3-7-13)27-21(29-23)14-10-11-18-15(12-14)19-22(31-18)26-17-9-5-4-8-16(17)25-19;26-20-28-19-24-16(11-6-2-1-3-7-11)23-18(25-19)17-21-10-14-15(22-17)12-8-4-5-9-13(12)27-14;26-19-27-18-24-15(13-6-8-20-9-7-13)23-17(25-18)16-21-10-14(11-22-16)12-4-2-1-3-5-12;20-12-21-11-18-9(7-13-3-1-4-14-7)17-10(19-11)8-15-5-2-6-16-8/h1-12,30H;1-10,26H;1-11,26H;1-6,20H. The maximum absolute atomic E-state index is 9.09. The van der Waals surface area contributed by atoms with E-state index in [0.29, 0.717) is 105 Å². The molecule has 0 fully saturated rings. The average Bonchev–Trinajstić information content (AvgIpc) is 1.61. The molecule has 0 aliphatic carbocycles. The minimum Gasteiger partial charge on any atom is -0.508 e. The van der Waals surface area contributed by atoms with Gasteiger partial charge in [0.2, 0.25) is 29.0 Å². The summed E-state index contributed by atoms with van der Waals surface area (Å²) in [7, 11) is 2.04. The van der Waals surface area contributed by atoms with Crippen LogP contribution in [0, 0.1) is 0 Å². The first-order valence-corrected chi connectivity index (χ1v) is 32.0. The molecular weight excluding hydrogens is 1380 g/mol. The summed E-state index contributed by atoms with van der Waals surface area (Å²) < 4.78 is 31.4. The van der Waals surface area contributed by atoms with E-state index < -0.39 is 0 Å². The van der Waals surface area contributed by atoms with Crippen molar-refractivity contribution in [3.8, 4) is 127 Å². The monoisotopic (exact) mass is 1420 g/mol. The van der Waals surface area contributed by atoms with Gasteiger partial charge in [-0.1, -0.05) is 115 Å². The van der Waals surface area contributed by atoms with Crippen LogP contribution in [0.3, 0.4) is 0 Å². The molecule has 37 heteroatoms. The number of furan rings is 2. The number of aromatic nitrogens is 23. The highest BCUT2D eigenvalue weighted by Crippen LogP contribution is 2.34. The largest absolute Gasteiger partial charge is 0.571 e. The molecule has 0 bridgehead atoms. The van der Waals surface area contributed by atoms with Crippen LogP contribution in [0.2, 0.25) is 0 Å². The fraction of sp³-hybridized carbons (Fsp3) is 0. The summed E-state index contributed by atoms with van der Waals surface area (Å²) in [6.07, 6.45) is 14.5. The number of fused-ring (bicyclic) bond motifs is 7. The molecule has 0 spiro atoms. The van der Waals surface area contributed by atoms with E-state index in [0.717, 1.165) is 60.8 Å². The Kier molecular flexibility index (Phi) is 20.8. The van der Waals surface area contributed by atoms with Gasteiger partial charge in [0.05, 0.1) is 17.2 Å². The molecule has 0 atom stereocenters. The molecule has 12 heterocycles. The zero-order chi connectivity index (χ0) is 73.4.